The number of carbonyl (C=O) groups is 1. The Kier molecular flexibility index (Phi) is 4.52. The number of hydrogen-bond acceptors (Lipinski definition) is 3. The van der Waals surface area contributed by atoms with E-state index in [9.17, 15) is 14.0 Å². The Morgan fingerprint density at radius 1 is 1.31 bits per heavy atom. The Morgan fingerprint density at radius 3 is 2.97 bits per heavy atom. The molecule has 1 aliphatic heterocycles. The summed E-state index contributed by atoms with van der Waals surface area (Å²) >= 11 is 0. The number of aromatic amines is 1. The number of likely N-dealkylation sites (tertiary alicyclic amines) is 1. The zero-order valence-corrected chi connectivity index (χ0v) is 16.5. The molecule has 0 bridgehead atoms. The molecule has 1 saturated carbocycles. The van der Waals surface area contributed by atoms with Gasteiger partial charge in [-0.2, -0.15) is 0 Å². The first-order valence-electron chi connectivity index (χ1n) is 10.7. The predicted octanol–water partition coefficient (Wildman–Crippen LogP) is 3.23. The van der Waals surface area contributed by atoms with Gasteiger partial charge in [-0.15, -0.1) is 0 Å². The molecule has 3 aliphatic rings. The molecule has 2 aliphatic carbocycles. The maximum Gasteiger partial charge on any atom is 0.254 e. The summed E-state index contributed by atoms with van der Waals surface area (Å²) in [5, 5.41) is 0. The lowest BCUT2D eigenvalue weighted by Crippen LogP contribution is -2.48. The predicted molar refractivity (Wildman–Crippen MR) is 107 cm³/mol. The Labute approximate surface area is 169 Å². The fourth-order valence-electron chi connectivity index (χ4n) is 5.06. The van der Waals surface area contributed by atoms with E-state index >= 15 is 0 Å². The topological polar surface area (TPSA) is 66.1 Å². The monoisotopic (exact) mass is 395 g/mol. The number of amides is 1. The van der Waals surface area contributed by atoms with E-state index in [2.05, 4.69) is 4.98 Å². The number of hydrogen-bond donors (Lipinski definition) is 1. The van der Waals surface area contributed by atoms with Gasteiger partial charge >= 0.3 is 0 Å². The van der Waals surface area contributed by atoms with Gasteiger partial charge in [0.15, 0.2) is 0 Å². The van der Waals surface area contributed by atoms with Crippen molar-refractivity contribution in [3.63, 3.8) is 0 Å². The molecule has 2 fully saturated rings. The van der Waals surface area contributed by atoms with Crippen LogP contribution in [0, 0.1) is 5.82 Å². The van der Waals surface area contributed by atoms with Crippen molar-refractivity contribution in [2.45, 2.75) is 62.7 Å². The molecule has 2 aromatic rings. The fourth-order valence-corrected chi connectivity index (χ4v) is 5.06. The van der Waals surface area contributed by atoms with Crippen molar-refractivity contribution in [1.82, 2.24) is 14.9 Å². The number of nitrogens with zero attached hydrogens (tertiary/aromatic N) is 2. The highest BCUT2D eigenvalue weighted by Gasteiger charge is 2.46. The molecule has 1 aromatic carbocycles. The summed E-state index contributed by atoms with van der Waals surface area (Å²) in [5.41, 5.74) is 2.45. The van der Waals surface area contributed by atoms with Crippen molar-refractivity contribution in [2.75, 3.05) is 13.1 Å². The second-order valence-corrected chi connectivity index (χ2v) is 8.88. The number of rotatable bonds is 4. The van der Waals surface area contributed by atoms with Crippen LogP contribution >= 0.6 is 0 Å². The van der Waals surface area contributed by atoms with Gasteiger partial charge in [0.05, 0.1) is 5.69 Å². The van der Waals surface area contributed by atoms with Crippen LogP contribution in [0.3, 0.4) is 0 Å². The smallest absolute Gasteiger partial charge is 0.254 e. The van der Waals surface area contributed by atoms with Gasteiger partial charge in [0.25, 0.3) is 5.56 Å². The average Bonchev–Trinajstić information content (AvgIpc) is 3.51. The minimum absolute atomic E-state index is 0.0170. The second kappa shape index (κ2) is 7.08. The lowest BCUT2D eigenvalue weighted by molar-refractivity contribution is -0.133. The summed E-state index contributed by atoms with van der Waals surface area (Å²) in [7, 11) is 0. The Balaban J connectivity index is 1.34. The Bertz CT molecular complexity index is 1010. The molecule has 152 valence electrons. The largest absolute Gasteiger partial charge is 0.342 e. The highest BCUT2D eigenvalue weighted by Crippen LogP contribution is 2.45. The summed E-state index contributed by atoms with van der Waals surface area (Å²) in [4.78, 5) is 35.3. The average molecular weight is 395 g/mol. The number of H-pyrrole nitrogens is 1. The van der Waals surface area contributed by atoms with Crippen LogP contribution in [-0.4, -0.2) is 33.9 Å². The van der Waals surface area contributed by atoms with Crippen LogP contribution in [0.4, 0.5) is 4.39 Å². The van der Waals surface area contributed by atoms with Gasteiger partial charge in [-0.05, 0) is 62.6 Å². The number of piperidine rings is 1. The third-order valence-electron chi connectivity index (χ3n) is 6.80. The molecular weight excluding hydrogens is 369 g/mol. The molecule has 5 nitrogen and oxygen atoms in total. The van der Waals surface area contributed by atoms with E-state index in [1.807, 2.05) is 11.0 Å². The molecule has 1 atom stereocenters. The number of benzene rings is 1. The number of halogens is 1. The van der Waals surface area contributed by atoms with Crippen molar-refractivity contribution < 1.29 is 9.18 Å². The maximum absolute atomic E-state index is 13.4. The molecule has 6 heteroatoms. The van der Waals surface area contributed by atoms with Crippen LogP contribution in [0.1, 0.15) is 67.1 Å². The van der Waals surface area contributed by atoms with E-state index in [0.29, 0.717) is 25.3 Å². The van der Waals surface area contributed by atoms with Gasteiger partial charge in [-0.1, -0.05) is 12.1 Å². The lowest BCUT2D eigenvalue weighted by atomic mass is 9.77. The third kappa shape index (κ3) is 3.49. The first-order chi connectivity index (χ1) is 14.0. The summed E-state index contributed by atoms with van der Waals surface area (Å²) in [6.07, 6.45) is 6.66. The molecule has 1 unspecified atom stereocenters. The highest BCUT2D eigenvalue weighted by atomic mass is 19.1. The Hall–Kier alpha value is -2.50. The minimum Gasteiger partial charge on any atom is -0.342 e. The van der Waals surface area contributed by atoms with Gasteiger partial charge in [-0.25, -0.2) is 9.37 Å². The van der Waals surface area contributed by atoms with Gasteiger partial charge in [0, 0.05) is 36.4 Å². The molecular formula is C23H26FN3O2. The van der Waals surface area contributed by atoms with Gasteiger partial charge < -0.3 is 9.88 Å². The molecule has 1 saturated heterocycles. The van der Waals surface area contributed by atoms with Crippen molar-refractivity contribution in [3.05, 3.63) is 63.1 Å². The number of fused-ring (bicyclic) bond motifs is 2. The quantitative estimate of drug-likeness (QED) is 0.864. The van der Waals surface area contributed by atoms with Crippen LogP contribution in [0.15, 0.2) is 29.1 Å². The molecule has 2 heterocycles. The standard InChI is InChI=1S/C23H26FN3O2/c24-17-4-1-3-15(13-17)5-8-19(28)27-12-2-10-23(14-27)11-9-18-20(23)25-21(16-6-7-16)26-22(18)29/h1,3-4,13,16H,2,5-12,14H2,(H,25,26,29). The van der Waals surface area contributed by atoms with E-state index in [0.717, 1.165) is 67.7 Å². The second-order valence-electron chi connectivity index (χ2n) is 8.88. The van der Waals surface area contributed by atoms with Gasteiger partial charge in [0.2, 0.25) is 5.91 Å². The molecule has 1 spiro atoms. The lowest BCUT2D eigenvalue weighted by Gasteiger charge is -2.40. The van der Waals surface area contributed by atoms with Crippen LogP contribution < -0.4 is 5.56 Å². The number of carbonyl (C=O) groups excluding carboxylic acids is 1. The van der Waals surface area contributed by atoms with Crippen LogP contribution in [0.25, 0.3) is 0 Å². The zero-order valence-electron chi connectivity index (χ0n) is 16.5. The van der Waals surface area contributed by atoms with E-state index in [1.165, 1.54) is 12.1 Å². The molecule has 0 radical (unpaired) electrons. The highest BCUT2D eigenvalue weighted by molar-refractivity contribution is 5.76. The molecule has 5 rings (SSSR count). The summed E-state index contributed by atoms with van der Waals surface area (Å²) in [6.45, 7) is 1.39. The summed E-state index contributed by atoms with van der Waals surface area (Å²) < 4.78 is 13.4. The van der Waals surface area contributed by atoms with Gasteiger partial charge in [0.1, 0.15) is 11.6 Å². The van der Waals surface area contributed by atoms with Crippen molar-refractivity contribution in [2.24, 2.45) is 0 Å². The van der Waals surface area contributed by atoms with E-state index in [4.69, 9.17) is 4.98 Å². The van der Waals surface area contributed by atoms with Crippen molar-refractivity contribution in [1.29, 1.82) is 0 Å². The Morgan fingerprint density at radius 2 is 2.17 bits per heavy atom. The normalized spacial score (nSPS) is 23.4. The van der Waals surface area contributed by atoms with Crippen molar-refractivity contribution >= 4 is 5.91 Å². The van der Waals surface area contributed by atoms with E-state index in [1.54, 1.807) is 6.07 Å². The number of aryl methyl sites for hydroxylation is 1. The zero-order chi connectivity index (χ0) is 20.0. The fraction of sp³-hybridized carbons (Fsp3) is 0.522. The molecule has 29 heavy (non-hydrogen) atoms. The van der Waals surface area contributed by atoms with Crippen molar-refractivity contribution in [3.8, 4) is 0 Å². The molecule has 1 N–H and O–H groups in total. The van der Waals surface area contributed by atoms with Crippen LogP contribution in [0.5, 0.6) is 0 Å². The summed E-state index contributed by atoms with van der Waals surface area (Å²) in [6, 6.07) is 6.45. The van der Waals surface area contributed by atoms with Gasteiger partial charge in [-0.3, -0.25) is 9.59 Å². The first-order valence-corrected chi connectivity index (χ1v) is 10.7. The van der Waals surface area contributed by atoms with Crippen LogP contribution in [0.2, 0.25) is 0 Å². The number of aromatic nitrogens is 2. The van der Waals surface area contributed by atoms with E-state index in [-0.39, 0.29) is 22.7 Å². The third-order valence-corrected chi connectivity index (χ3v) is 6.80. The number of nitrogens with one attached hydrogen (secondary N) is 1. The SMILES string of the molecule is O=C(CCc1cccc(F)c1)N1CCCC2(CCc3c2nc(C2CC2)[nH]c3=O)C1. The first kappa shape index (κ1) is 18.5. The minimum atomic E-state index is -0.266. The molecule has 1 amide bonds. The van der Waals surface area contributed by atoms with E-state index < -0.39 is 0 Å². The van der Waals surface area contributed by atoms with Crippen LogP contribution in [-0.2, 0) is 23.1 Å². The summed E-state index contributed by atoms with van der Waals surface area (Å²) in [5.74, 6) is 1.08. The molecule has 1 aromatic heterocycles. The maximum atomic E-state index is 13.4.